The maximum absolute atomic E-state index is 12.1. The summed E-state index contributed by atoms with van der Waals surface area (Å²) in [6, 6.07) is 9.61. The van der Waals surface area contributed by atoms with Gasteiger partial charge in [0.1, 0.15) is 0 Å². The number of thioether (sulfide) groups is 1. The van der Waals surface area contributed by atoms with Gasteiger partial charge in [-0.05, 0) is 0 Å². The molecule has 2 N–H and O–H groups in total. The molecule has 1 aromatic carbocycles. The van der Waals surface area contributed by atoms with E-state index in [1.807, 2.05) is 30.3 Å². The highest BCUT2D eigenvalue weighted by Crippen LogP contribution is 2.15. The molecule has 2 heterocycles. The lowest BCUT2D eigenvalue weighted by Gasteiger charge is -2.22. The molecular weight excluding hydrogens is 284 g/mol. The zero-order chi connectivity index (χ0) is 14.5. The number of nitrogens with one attached hydrogen (secondary N) is 2. The topological polar surface area (TPSA) is 66.9 Å². The lowest BCUT2D eigenvalue weighted by atomic mass is 10.2. The Morgan fingerprint density at radius 1 is 1.24 bits per heavy atom. The Labute approximate surface area is 127 Å². The third kappa shape index (κ3) is 3.59. The van der Waals surface area contributed by atoms with Gasteiger partial charge in [0, 0.05) is 23.6 Å². The molecule has 1 aliphatic heterocycles. The summed E-state index contributed by atoms with van der Waals surface area (Å²) < 4.78 is 0. The molecule has 0 spiro atoms. The van der Waals surface area contributed by atoms with Crippen molar-refractivity contribution >= 4 is 23.4 Å². The second-order valence-electron chi connectivity index (χ2n) is 4.73. The highest BCUT2D eigenvalue weighted by Gasteiger charge is 2.20. The van der Waals surface area contributed by atoms with E-state index in [4.69, 9.17) is 0 Å². The average molecular weight is 300 g/mol. The van der Waals surface area contributed by atoms with E-state index in [2.05, 4.69) is 20.6 Å². The fourth-order valence-corrected chi connectivity index (χ4v) is 3.03. The molecule has 108 valence electrons. The number of carbonyl (C=O) groups is 1. The Balaban J connectivity index is 1.65. The maximum atomic E-state index is 12.1. The number of nitrogens with zero attached hydrogens (tertiary/aromatic N) is 2. The number of anilines is 1. The van der Waals surface area contributed by atoms with Crippen LogP contribution in [0.3, 0.4) is 0 Å². The number of aromatic nitrogens is 2. The van der Waals surface area contributed by atoms with E-state index in [1.165, 1.54) is 0 Å². The normalized spacial score (nSPS) is 18.2. The molecule has 1 atom stereocenters. The van der Waals surface area contributed by atoms with Gasteiger partial charge < -0.3 is 10.6 Å². The predicted octanol–water partition coefficient (Wildman–Crippen LogP) is 1.79. The standard InChI is InChI=1S/C15H16N4OS/c20-15(13-10-21-7-6-16-13)19-12-8-17-14(18-9-12)11-4-2-1-3-5-11/h1-5,8-9,13,16H,6-7,10H2,(H,19,20). The Hall–Kier alpha value is -1.92. The lowest BCUT2D eigenvalue weighted by Crippen LogP contribution is -2.46. The van der Waals surface area contributed by atoms with Crippen LogP contribution in [0.25, 0.3) is 11.4 Å². The Bertz CT molecular complexity index is 597. The number of amides is 1. The van der Waals surface area contributed by atoms with Crippen LogP contribution in [0, 0.1) is 0 Å². The molecule has 0 saturated carbocycles. The first-order valence-electron chi connectivity index (χ1n) is 6.82. The monoisotopic (exact) mass is 300 g/mol. The Morgan fingerprint density at radius 2 is 2.00 bits per heavy atom. The molecule has 21 heavy (non-hydrogen) atoms. The summed E-state index contributed by atoms with van der Waals surface area (Å²) in [6.07, 6.45) is 3.28. The molecule has 2 aromatic rings. The molecule has 0 radical (unpaired) electrons. The van der Waals surface area contributed by atoms with Crippen molar-refractivity contribution in [3.63, 3.8) is 0 Å². The quantitative estimate of drug-likeness (QED) is 0.904. The van der Waals surface area contributed by atoms with E-state index in [0.717, 1.165) is 23.6 Å². The van der Waals surface area contributed by atoms with E-state index in [-0.39, 0.29) is 11.9 Å². The van der Waals surface area contributed by atoms with Gasteiger partial charge in [0.15, 0.2) is 5.82 Å². The SMILES string of the molecule is O=C(Nc1cnc(-c2ccccc2)nc1)C1CSCCN1. The van der Waals surface area contributed by atoms with E-state index in [1.54, 1.807) is 24.2 Å². The van der Waals surface area contributed by atoms with Crippen LogP contribution in [0.1, 0.15) is 0 Å². The van der Waals surface area contributed by atoms with E-state index in [9.17, 15) is 4.79 Å². The number of carbonyl (C=O) groups excluding carboxylic acids is 1. The number of rotatable bonds is 3. The molecule has 1 saturated heterocycles. The van der Waals surface area contributed by atoms with Crippen molar-refractivity contribution in [2.24, 2.45) is 0 Å². The Kier molecular flexibility index (Phi) is 4.47. The molecular formula is C15H16N4OS. The summed E-state index contributed by atoms with van der Waals surface area (Å²) in [7, 11) is 0. The van der Waals surface area contributed by atoms with E-state index in [0.29, 0.717) is 11.5 Å². The van der Waals surface area contributed by atoms with Gasteiger partial charge in [-0.1, -0.05) is 30.3 Å². The van der Waals surface area contributed by atoms with Gasteiger partial charge in [-0.2, -0.15) is 11.8 Å². The zero-order valence-corrected chi connectivity index (χ0v) is 12.3. The molecule has 0 bridgehead atoms. The molecule has 5 nitrogen and oxygen atoms in total. The van der Waals surface area contributed by atoms with Crippen molar-refractivity contribution < 1.29 is 4.79 Å². The summed E-state index contributed by atoms with van der Waals surface area (Å²) in [5, 5.41) is 6.05. The summed E-state index contributed by atoms with van der Waals surface area (Å²) in [5.41, 5.74) is 1.58. The van der Waals surface area contributed by atoms with Gasteiger partial charge in [-0.15, -0.1) is 0 Å². The van der Waals surface area contributed by atoms with Crippen LogP contribution in [-0.2, 0) is 4.79 Å². The number of hydrogen-bond acceptors (Lipinski definition) is 5. The minimum absolute atomic E-state index is 0.0294. The summed E-state index contributed by atoms with van der Waals surface area (Å²) in [6.45, 7) is 0.867. The molecule has 3 rings (SSSR count). The highest BCUT2D eigenvalue weighted by molar-refractivity contribution is 7.99. The fraction of sp³-hybridized carbons (Fsp3) is 0.267. The van der Waals surface area contributed by atoms with Gasteiger partial charge in [0.2, 0.25) is 5.91 Å². The van der Waals surface area contributed by atoms with Crippen LogP contribution in [-0.4, -0.2) is 40.0 Å². The van der Waals surface area contributed by atoms with Crippen LogP contribution in [0.15, 0.2) is 42.7 Å². The summed E-state index contributed by atoms with van der Waals surface area (Å²) in [5.74, 6) is 2.48. The fourth-order valence-electron chi connectivity index (χ4n) is 2.09. The average Bonchev–Trinajstić information content (AvgIpc) is 2.57. The van der Waals surface area contributed by atoms with Crippen molar-refractivity contribution in [2.75, 3.05) is 23.4 Å². The zero-order valence-electron chi connectivity index (χ0n) is 11.5. The highest BCUT2D eigenvalue weighted by atomic mass is 32.2. The van der Waals surface area contributed by atoms with Crippen molar-refractivity contribution in [1.82, 2.24) is 15.3 Å². The Morgan fingerprint density at radius 3 is 2.67 bits per heavy atom. The van der Waals surface area contributed by atoms with Crippen LogP contribution in [0.4, 0.5) is 5.69 Å². The van der Waals surface area contributed by atoms with Crippen LogP contribution in [0.2, 0.25) is 0 Å². The summed E-state index contributed by atoms with van der Waals surface area (Å²) >= 11 is 1.79. The molecule has 1 fully saturated rings. The van der Waals surface area contributed by atoms with Crippen molar-refractivity contribution in [2.45, 2.75) is 6.04 Å². The molecule has 1 amide bonds. The predicted molar refractivity (Wildman–Crippen MR) is 85.2 cm³/mol. The van der Waals surface area contributed by atoms with Gasteiger partial charge >= 0.3 is 0 Å². The minimum Gasteiger partial charge on any atom is -0.322 e. The van der Waals surface area contributed by atoms with Crippen molar-refractivity contribution in [3.05, 3.63) is 42.7 Å². The first-order valence-corrected chi connectivity index (χ1v) is 7.98. The van der Waals surface area contributed by atoms with Gasteiger partial charge in [0.25, 0.3) is 0 Å². The third-order valence-corrected chi connectivity index (χ3v) is 4.25. The maximum Gasteiger partial charge on any atom is 0.242 e. The smallest absolute Gasteiger partial charge is 0.242 e. The van der Waals surface area contributed by atoms with Gasteiger partial charge in [-0.3, -0.25) is 4.79 Å². The molecule has 0 aliphatic carbocycles. The van der Waals surface area contributed by atoms with Gasteiger partial charge in [0.05, 0.1) is 24.1 Å². The molecule has 6 heteroatoms. The molecule has 1 aliphatic rings. The minimum atomic E-state index is -0.141. The van der Waals surface area contributed by atoms with E-state index < -0.39 is 0 Å². The molecule has 1 unspecified atom stereocenters. The van der Waals surface area contributed by atoms with Crippen LogP contribution >= 0.6 is 11.8 Å². The first-order chi connectivity index (χ1) is 10.3. The largest absolute Gasteiger partial charge is 0.322 e. The van der Waals surface area contributed by atoms with E-state index >= 15 is 0 Å². The molecule has 1 aromatic heterocycles. The van der Waals surface area contributed by atoms with Crippen molar-refractivity contribution in [1.29, 1.82) is 0 Å². The van der Waals surface area contributed by atoms with Crippen LogP contribution in [0.5, 0.6) is 0 Å². The lowest BCUT2D eigenvalue weighted by molar-refractivity contribution is -0.117. The number of hydrogen-bond donors (Lipinski definition) is 2. The first kappa shape index (κ1) is 14.0. The third-order valence-electron chi connectivity index (χ3n) is 3.19. The second kappa shape index (κ2) is 6.69. The van der Waals surface area contributed by atoms with Gasteiger partial charge in [-0.25, -0.2) is 9.97 Å². The second-order valence-corrected chi connectivity index (χ2v) is 5.88. The van der Waals surface area contributed by atoms with Crippen LogP contribution < -0.4 is 10.6 Å². The van der Waals surface area contributed by atoms with Crippen molar-refractivity contribution in [3.8, 4) is 11.4 Å². The number of benzene rings is 1. The summed E-state index contributed by atoms with van der Waals surface area (Å²) in [4.78, 5) is 20.7.